The summed E-state index contributed by atoms with van der Waals surface area (Å²) < 4.78 is 7.12. The summed E-state index contributed by atoms with van der Waals surface area (Å²) in [6.07, 6.45) is 5.14. The van der Waals surface area contributed by atoms with Crippen LogP contribution in [0.25, 0.3) is 27.9 Å². The first-order valence-corrected chi connectivity index (χ1v) is 9.32. The topological polar surface area (TPSA) is 98.7 Å². The molecule has 2 aromatic carbocycles. The molecule has 0 bridgehead atoms. The predicted molar refractivity (Wildman–Crippen MR) is 110 cm³/mol. The zero-order valence-corrected chi connectivity index (χ0v) is 15.8. The minimum absolute atomic E-state index is 0.215. The van der Waals surface area contributed by atoms with Crippen molar-refractivity contribution >= 4 is 16.8 Å². The average Bonchev–Trinajstić information content (AvgIpc) is 3.45. The van der Waals surface area contributed by atoms with Gasteiger partial charge in [-0.2, -0.15) is 0 Å². The quantitative estimate of drug-likeness (QED) is 0.489. The predicted octanol–water partition coefficient (Wildman–Crippen LogP) is 3.40. The number of fused-ring (bicyclic) bond motifs is 1. The molecule has 0 spiro atoms. The molecule has 3 heterocycles. The van der Waals surface area contributed by atoms with Crippen molar-refractivity contribution in [1.82, 2.24) is 30.5 Å². The summed E-state index contributed by atoms with van der Waals surface area (Å²) in [5.41, 5.74) is 3.56. The fourth-order valence-electron chi connectivity index (χ4n) is 3.15. The number of hydrogen-bond acceptors (Lipinski definition) is 6. The summed E-state index contributed by atoms with van der Waals surface area (Å²) in [6.45, 7) is 0.256. The second-order valence-corrected chi connectivity index (χ2v) is 6.66. The Kier molecular flexibility index (Phi) is 4.49. The normalized spacial score (nSPS) is 10.9. The number of carbonyl (C=O) groups excluding carboxylic acids is 1. The van der Waals surface area contributed by atoms with E-state index in [0.717, 1.165) is 16.6 Å². The Morgan fingerprint density at radius 1 is 1.07 bits per heavy atom. The highest BCUT2D eigenvalue weighted by atomic mass is 16.5. The lowest BCUT2D eigenvalue weighted by Gasteiger charge is -2.03. The van der Waals surface area contributed by atoms with E-state index >= 15 is 0 Å². The number of hydrogen-bond donors (Lipinski definition) is 1. The zero-order valence-electron chi connectivity index (χ0n) is 15.8. The van der Waals surface area contributed by atoms with Crippen LogP contribution in [0.15, 0.2) is 83.8 Å². The highest BCUT2D eigenvalue weighted by molar-refractivity contribution is 6.00. The monoisotopic (exact) mass is 396 g/mol. The first-order chi connectivity index (χ1) is 14.8. The molecule has 0 fully saturated rings. The Hall–Kier alpha value is -4.33. The molecule has 1 N–H and O–H groups in total. The molecular weight excluding hydrogens is 380 g/mol. The van der Waals surface area contributed by atoms with Gasteiger partial charge in [0.1, 0.15) is 11.2 Å². The van der Waals surface area contributed by atoms with Crippen molar-refractivity contribution in [2.75, 3.05) is 0 Å². The van der Waals surface area contributed by atoms with Crippen LogP contribution in [0.1, 0.15) is 16.1 Å². The van der Waals surface area contributed by atoms with Gasteiger partial charge in [-0.15, -0.1) is 5.10 Å². The fraction of sp³-hybridized carbons (Fsp3) is 0.0455. The molecule has 0 aliphatic carbocycles. The van der Waals surface area contributed by atoms with E-state index in [0.29, 0.717) is 22.5 Å². The van der Waals surface area contributed by atoms with Gasteiger partial charge < -0.3 is 9.84 Å². The molecule has 0 radical (unpaired) electrons. The number of rotatable bonds is 5. The van der Waals surface area contributed by atoms with E-state index in [9.17, 15) is 4.79 Å². The van der Waals surface area contributed by atoms with Gasteiger partial charge in [0.15, 0.2) is 5.76 Å². The molecule has 8 heteroatoms. The molecule has 0 saturated heterocycles. The van der Waals surface area contributed by atoms with Crippen LogP contribution in [-0.2, 0) is 6.54 Å². The van der Waals surface area contributed by atoms with E-state index in [2.05, 4.69) is 25.8 Å². The smallest absolute Gasteiger partial charge is 0.251 e. The van der Waals surface area contributed by atoms with Gasteiger partial charge in [-0.3, -0.25) is 9.78 Å². The SMILES string of the molecule is O=C(NCc1cn(-c2cccnc2)nn1)c1ccc2noc(-c3ccccc3)c2c1. The van der Waals surface area contributed by atoms with Crippen LogP contribution in [-0.4, -0.2) is 31.0 Å². The lowest BCUT2D eigenvalue weighted by atomic mass is 10.1. The summed E-state index contributed by atoms with van der Waals surface area (Å²) in [6, 6.07) is 18.7. The number of aromatic nitrogens is 5. The van der Waals surface area contributed by atoms with Gasteiger partial charge in [0.25, 0.3) is 5.91 Å². The van der Waals surface area contributed by atoms with Crippen LogP contribution in [0.4, 0.5) is 0 Å². The van der Waals surface area contributed by atoms with Crippen LogP contribution < -0.4 is 5.32 Å². The van der Waals surface area contributed by atoms with E-state index in [1.54, 1.807) is 41.5 Å². The molecule has 8 nitrogen and oxygen atoms in total. The molecule has 146 valence electrons. The van der Waals surface area contributed by atoms with E-state index in [-0.39, 0.29) is 12.5 Å². The van der Waals surface area contributed by atoms with E-state index in [1.807, 2.05) is 42.5 Å². The minimum atomic E-state index is -0.215. The van der Waals surface area contributed by atoms with Crippen molar-refractivity contribution in [3.8, 4) is 17.0 Å². The first-order valence-electron chi connectivity index (χ1n) is 9.32. The molecule has 0 saturated carbocycles. The Labute approximate surface area is 171 Å². The van der Waals surface area contributed by atoms with Crippen LogP contribution in [0, 0.1) is 0 Å². The Morgan fingerprint density at radius 3 is 2.80 bits per heavy atom. The van der Waals surface area contributed by atoms with Gasteiger partial charge in [-0.05, 0) is 30.3 Å². The highest BCUT2D eigenvalue weighted by Crippen LogP contribution is 2.29. The number of amides is 1. The van der Waals surface area contributed by atoms with Gasteiger partial charge >= 0.3 is 0 Å². The maximum Gasteiger partial charge on any atom is 0.251 e. The van der Waals surface area contributed by atoms with Crippen molar-refractivity contribution in [3.63, 3.8) is 0 Å². The molecule has 0 aliphatic heterocycles. The lowest BCUT2D eigenvalue weighted by molar-refractivity contribution is 0.0950. The largest absolute Gasteiger partial charge is 0.355 e. The van der Waals surface area contributed by atoms with Crippen LogP contribution >= 0.6 is 0 Å². The van der Waals surface area contributed by atoms with E-state index < -0.39 is 0 Å². The van der Waals surface area contributed by atoms with Gasteiger partial charge in [0, 0.05) is 17.3 Å². The van der Waals surface area contributed by atoms with E-state index in [4.69, 9.17) is 4.52 Å². The van der Waals surface area contributed by atoms with Crippen LogP contribution in [0.3, 0.4) is 0 Å². The molecule has 0 atom stereocenters. The molecule has 0 unspecified atom stereocenters. The Morgan fingerprint density at radius 2 is 1.97 bits per heavy atom. The number of pyridine rings is 1. The number of nitrogens with zero attached hydrogens (tertiary/aromatic N) is 5. The van der Waals surface area contributed by atoms with Gasteiger partial charge in [0.2, 0.25) is 0 Å². The summed E-state index contributed by atoms with van der Waals surface area (Å²) >= 11 is 0. The molecule has 30 heavy (non-hydrogen) atoms. The second-order valence-electron chi connectivity index (χ2n) is 6.66. The van der Waals surface area contributed by atoms with E-state index in [1.165, 1.54) is 0 Å². The van der Waals surface area contributed by atoms with Gasteiger partial charge in [-0.25, -0.2) is 4.68 Å². The van der Waals surface area contributed by atoms with Gasteiger partial charge in [0.05, 0.1) is 30.0 Å². The van der Waals surface area contributed by atoms with Crippen molar-refractivity contribution in [1.29, 1.82) is 0 Å². The van der Waals surface area contributed by atoms with Crippen molar-refractivity contribution < 1.29 is 9.32 Å². The maximum absolute atomic E-state index is 12.7. The summed E-state index contributed by atoms with van der Waals surface area (Å²) in [4.78, 5) is 16.7. The third-order valence-electron chi connectivity index (χ3n) is 4.66. The Bertz CT molecular complexity index is 1310. The first kappa shape index (κ1) is 17.7. The average molecular weight is 396 g/mol. The minimum Gasteiger partial charge on any atom is -0.355 e. The third-order valence-corrected chi connectivity index (χ3v) is 4.66. The maximum atomic E-state index is 12.7. The van der Waals surface area contributed by atoms with Crippen LogP contribution in [0.2, 0.25) is 0 Å². The molecule has 5 aromatic rings. The molecule has 1 amide bonds. The molecule has 0 aliphatic rings. The highest BCUT2D eigenvalue weighted by Gasteiger charge is 2.14. The summed E-state index contributed by atoms with van der Waals surface area (Å²) in [5.74, 6) is 0.424. The van der Waals surface area contributed by atoms with Crippen LogP contribution in [0.5, 0.6) is 0 Å². The lowest BCUT2D eigenvalue weighted by Crippen LogP contribution is -2.22. The van der Waals surface area contributed by atoms with Crippen molar-refractivity contribution in [2.45, 2.75) is 6.54 Å². The zero-order chi connectivity index (χ0) is 20.3. The molecule has 5 rings (SSSR count). The standard InChI is InChI=1S/C22H16N6O2/c29-22(24-12-17-14-28(27-25-17)18-7-4-10-23-13-18)16-8-9-20-19(11-16)21(30-26-20)15-5-2-1-3-6-15/h1-11,13-14H,12H2,(H,24,29). The fourth-order valence-corrected chi connectivity index (χ4v) is 3.15. The second kappa shape index (κ2) is 7.59. The number of carbonyl (C=O) groups is 1. The van der Waals surface area contributed by atoms with Crippen molar-refractivity contribution in [3.05, 3.63) is 90.5 Å². The molecular formula is C22H16N6O2. The van der Waals surface area contributed by atoms with Gasteiger partial charge in [-0.1, -0.05) is 40.7 Å². The Balaban J connectivity index is 1.34. The summed E-state index contributed by atoms with van der Waals surface area (Å²) in [5, 5.41) is 15.9. The molecule has 3 aromatic heterocycles. The number of nitrogens with one attached hydrogen (secondary N) is 1. The third kappa shape index (κ3) is 3.42. The summed E-state index contributed by atoms with van der Waals surface area (Å²) in [7, 11) is 0. The van der Waals surface area contributed by atoms with Crippen molar-refractivity contribution in [2.24, 2.45) is 0 Å². The number of benzene rings is 2.